The maximum absolute atomic E-state index is 13.8. The van der Waals surface area contributed by atoms with Crippen molar-refractivity contribution in [1.82, 2.24) is 5.32 Å². The number of hydrogen-bond acceptors (Lipinski definition) is 3. The number of methoxy groups -OCH3 is 1. The number of aliphatic imine (C=N–C) groups is 1. The number of alkyl halides is 3. The molecule has 0 amide bonds. The van der Waals surface area contributed by atoms with Crippen LogP contribution >= 0.6 is 0 Å². The van der Waals surface area contributed by atoms with E-state index < -0.39 is 11.7 Å². The van der Waals surface area contributed by atoms with Gasteiger partial charge in [0.2, 0.25) is 5.90 Å². The van der Waals surface area contributed by atoms with E-state index >= 15 is 0 Å². The average molecular weight is 409 g/mol. The van der Waals surface area contributed by atoms with Crippen molar-refractivity contribution in [1.29, 1.82) is 0 Å². The second-order valence-electron chi connectivity index (χ2n) is 8.04. The summed E-state index contributed by atoms with van der Waals surface area (Å²) in [7, 11) is 1.55. The number of hydrogen-bond donors (Lipinski definition) is 1. The molecule has 0 spiro atoms. The molecule has 1 aromatic carbocycles. The number of halogens is 3. The molecule has 6 heteroatoms. The predicted molar refractivity (Wildman–Crippen MR) is 111 cm³/mol. The molecule has 2 fully saturated rings. The van der Waals surface area contributed by atoms with Crippen LogP contribution in [0.15, 0.2) is 29.3 Å². The van der Waals surface area contributed by atoms with Crippen molar-refractivity contribution < 1.29 is 17.9 Å². The number of benzene rings is 1. The zero-order valence-corrected chi connectivity index (χ0v) is 17.3. The van der Waals surface area contributed by atoms with Gasteiger partial charge in [0.05, 0.1) is 24.4 Å². The Morgan fingerprint density at radius 2 is 1.97 bits per heavy atom. The Kier molecular flexibility index (Phi) is 7.38. The van der Waals surface area contributed by atoms with Crippen molar-refractivity contribution >= 4 is 11.6 Å². The fraction of sp³-hybridized carbons (Fsp3) is 0.609. The van der Waals surface area contributed by atoms with Crippen molar-refractivity contribution in [3.63, 3.8) is 0 Å². The summed E-state index contributed by atoms with van der Waals surface area (Å²) in [5, 5.41) is 3.31. The highest BCUT2D eigenvalue weighted by Gasteiger charge is 2.34. The summed E-state index contributed by atoms with van der Waals surface area (Å²) < 4.78 is 46.8. The summed E-state index contributed by atoms with van der Waals surface area (Å²) in [5.41, 5.74) is 0.817. The van der Waals surface area contributed by atoms with E-state index in [4.69, 9.17) is 4.74 Å². The van der Waals surface area contributed by atoms with Gasteiger partial charge in [-0.25, -0.2) is 4.99 Å². The van der Waals surface area contributed by atoms with Crippen molar-refractivity contribution in [2.45, 2.75) is 70.5 Å². The van der Waals surface area contributed by atoms with Gasteiger partial charge in [0, 0.05) is 5.56 Å². The largest absolute Gasteiger partial charge is 0.483 e. The molecule has 1 atom stereocenters. The minimum Gasteiger partial charge on any atom is -0.483 e. The monoisotopic (exact) mass is 408 g/mol. The van der Waals surface area contributed by atoms with Crippen LogP contribution in [0.25, 0.3) is 5.70 Å². The van der Waals surface area contributed by atoms with Crippen LogP contribution in [0.4, 0.5) is 13.2 Å². The van der Waals surface area contributed by atoms with E-state index in [9.17, 15) is 13.2 Å². The normalized spacial score (nSPS) is 21.8. The van der Waals surface area contributed by atoms with Gasteiger partial charge in [-0.05, 0) is 56.7 Å². The summed E-state index contributed by atoms with van der Waals surface area (Å²) in [4.78, 5) is 4.55. The zero-order valence-electron chi connectivity index (χ0n) is 17.3. The van der Waals surface area contributed by atoms with E-state index in [-0.39, 0.29) is 6.04 Å². The molecule has 1 unspecified atom stereocenters. The number of nitrogens with zero attached hydrogens (tertiary/aromatic N) is 1. The fourth-order valence-corrected chi connectivity index (χ4v) is 4.45. The molecule has 3 nitrogen and oxygen atoms in total. The Labute approximate surface area is 171 Å². The SMILES string of the molecule is C/C=C(\N=C(/OC)C1CCCN1)c1ccc(CCC2CCCC2)c(C(F)(F)F)c1. The third-order valence-corrected chi connectivity index (χ3v) is 6.08. The van der Waals surface area contributed by atoms with Gasteiger partial charge in [-0.2, -0.15) is 13.2 Å². The van der Waals surface area contributed by atoms with Crippen LogP contribution in [-0.4, -0.2) is 25.6 Å². The Morgan fingerprint density at radius 1 is 1.21 bits per heavy atom. The van der Waals surface area contributed by atoms with E-state index in [1.54, 1.807) is 32.2 Å². The van der Waals surface area contributed by atoms with Gasteiger partial charge in [-0.1, -0.05) is 43.9 Å². The minimum atomic E-state index is -4.37. The van der Waals surface area contributed by atoms with Gasteiger partial charge >= 0.3 is 6.18 Å². The molecule has 29 heavy (non-hydrogen) atoms. The minimum absolute atomic E-state index is 0.0164. The summed E-state index contributed by atoms with van der Waals surface area (Å²) in [6.45, 7) is 2.68. The van der Waals surface area contributed by atoms with Crippen LogP contribution in [0.3, 0.4) is 0 Å². The van der Waals surface area contributed by atoms with E-state index in [0.29, 0.717) is 35.1 Å². The molecule has 1 aliphatic heterocycles. The van der Waals surface area contributed by atoms with Gasteiger partial charge in [-0.3, -0.25) is 0 Å². The fourth-order valence-electron chi connectivity index (χ4n) is 4.45. The molecule has 1 aromatic rings. The van der Waals surface area contributed by atoms with E-state index in [1.165, 1.54) is 18.9 Å². The Morgan fingerprint density at radius 3 is 2.55 bits per heavy atom. The van der Waals surface area contributed by atoms with Crippen LogP contribution in [-0.2, 0) is 17.3 Å². The van der Waals surface area contributed by atoms with Crippen LogP contribution < -0.4 is 5.32 Å². The molecule has 1 saturated heterocycles. The molecular formula is C23H31F3N2O. The topological polar surface area (TPSA) is 33.6 Å². The van der Waals surface area contributed by atoms with Crippen LogP contribution in [0, 0.1) is 5.92 Å². The lowest BCUT2D eigenvalue weighted by molar-refractivity contribution is -0.138. The first-order valence-electron chi connectivity index (χ1n) is 10.6. The summed E-state index contributed by atoms with van der Waals surface area (Å²) in [6.07, 6.45) is 5.32. The zero-order chi connectivity index (χ0) is 20.9. The smallest absolute Gasteiger partial charge is 0.416 e. The lowest BCUT2D eigenvalue weighted by atomic mass is 9.93. The molecular weight excluding hydrogens is 377 g/mol. The molecule has 1 heterocycles. The van der Waals surface area contributed by atoms with Crippen molar-refractivity contribution in [3.8, 4) is 0 Å². The predicted octanol–water partition coefficient (Wildman–Crippen LogP) is 5.99. The number of rotatable bonds is 6. The standard InChI is InChI=1S/C23H31F3N2O/c1-3-20(28-22(29-2)21-9-6-14-27-21)18-13-12-17(19(15-18)23(24,25)26)11-10-16-7-4-5-8-16/h3,12-13,15-16,21,27H,4-11,14H2,1-2H3/b20-3-,28-22-. The van der Waals surface area contributed by atoms with E-state index in [2.05, 4.69) is 10.3 Å². The summed E-state index contributed by atoms with van der Waals surface area (Å²) >= 11 is 0. The first kappa shape index (κ1) is 21.9. The van der Waals surface area contributed by atoms with E-state index in [0.717, 1.165) is 38.6 Å². The second-order valence-corrected chi connectivity index (χ2v) is 8.04. The second kappa shape index (κ2) is 9.79. The maximum Gasteiger partial charge on any atom is 0.416 e. The molecule has 3 rings (SSSR count). The average Bonchev–Trinajstić information content (AvgIpc) is 3.41. The van der Waals surface area contributed by atoms with Gasteiger partial charge < -0.3 is 10.1 Å². The van der Waals surface area contributed by atoms with Gasteiger partial charge in [0.25, 0.3) is 0 Å². The van der Waals surface area contributed by atoms with Crippen molar-refractivity contribution in [2.24, 2.45) is 10.9 Å². The molecule has 2 aliphatic rings. The molecule has 1 N–H and O–H groups in total. The number of aryl methyl sites for hydroxylation is 1. The van der Waals surface area contributed by atoms with Gasteiger partial charge in [-0.15, -0.1) is 0 Å². The van der Waals surface area contributed by atoms with Crippen LogP contribution in [0.1, 0.15) is 68.6 Å². The summed E-state index contributed by atoms with van der Waals surface area (Å²) in [5.74, 6) is 1.09. The highest BCUT2D eigenvalue weighted by atomic mass is 19.4. The number of ether oxygens (including phenoxy) is 1. The third-order valence-electron chi connectivity index (χ3n) is 6.08. The van der Waals surface area contributed by atoms with Gasteiger partial charge in [0.15, 0.2) is 0 Å². The Balaban J connectivity index is 1.85. The van der Waals surface area contributed by atoms with Crippen LogP contribution in [0.2, 0.25) is 0 Å². The van der Waals surface area contributed by atoms with Crippen molar-refractivity contribution in [2.75, 3.05) is 13.7 Å². The summed E-state index contributed by atoms with van der Waals surface area (Å²) in [6, 6.07) is 4.65. The molecule has 0 aromatic heterocycles. The van der Waals surface area contributed by atoms with Gasteiger partial charge in [0.1, 0.15) is 0 Å². The first-order chi connectivity index (χ1) is 13.9. The highest BCUT2D eigenvalue weighted by molar-refractivity contribution is 5.88. The third kappa shape index (κ3) is 5.62. The van der Waals surface area contributed by atoms with Crippen LogP contribution in [0.5, 0.6) is 0 Å². The maximum atomic E-state index is 13.8. The molecule has 0 radical (unpaired) electrons. The first-order valence-corrected chi connectivity index (χ1v) is 10.6. The number of nitrogens with one attached hydrogen (secondary N) is 1. The lowest BCUT2D eigenvalue weighted by Gasteiger charge is -2.17. The number of allylic oxidation sites excluding steroid dienone is 1. The molecule has 1 aliphatic carbocycles. The highest BCUT2D eigenvalue weighted by Crippen LogP contribution is 2.36. The van der Waals surface area contributed by atoms with Crippen molar-refractivity contribution in [3.05, 3.63) is 41.0 Å². The van der Waals surface area contributed by atoms with E-state index in [1.807, 2.05) is 0 Å². The molecule has 1 saturated carbocycles. The Bertz CT molecular complexity index is 743. The molecule has 0 bridgehead atoms. The Hall–Kier alpha value is -1.82. The quantitative estimate of drug-likeness (QED) is 0.464. The lowest BCUT2D eigenvalue weighted by Crippen LogP contribution is -2.32. The molecule has 160 valence electrons.